The van der Waals surface area contributed by atoms with Crippen LogP contribution in [0.15, 0.2) is 0 Å². The molecule has 0 aromatic rings. The Balaban J connectivity index is 0. The van der Waals surface area contributed by atoms with E-state index < -0.39 is 14.5 Å². The smallest absolute Gasteiger partial charge is 3.00 e. The van der Waals surface area contributed by atoms with E-state index in [0.29, 0.717) is 0 Å². The minimum absolute atomic E-state index is 0. The molecule has 0 N–H and O–H groups in total. The van der Waals surface area contributed by atoms with Crippen molar-refractivity contribution in [2.24, 2.45) is 0 Å². The van der Waals surface area contributed by atoms with E-state index in [9.17, 15) is 0 Å². The fourth-order valence-corrected chi connectivity index (χ4v) is 0. The molecule has 0 heterocycles. The van der Waals surface area contributed by atoms with Gasteiger partial charge in [-0.15, -0.1) is 0 Å². The minimum atomic E-state index is -5.88. The molecule has 6 heavy (non-hydrogen) atoms. The van der Waals surface area contributed by atoms with Crippen molar-refractivity contribution in [1.29, 1.82) is 0 Å². The summed E-state index contributed by atoms with van der Waals surface area (Å²) in [6.07, 6.45) is 0. The summed E-state index contributed by atoms with van der Waals surface area (Å²) >= 11 is -5.88. The van der Waals surface area contributed by atoms with E-state index in [0.717, 1.165) is 0 Å². The van der Waals surface area contributed by atoms with Crippen LogP contribution in [0.5, 0.6) is 0 Å². The van der Waals surface area contributed by atoms with E-state index in [1.807, 2.05) is 0 Å². The Bertz CT molecular complexity index is 53.7. The Labute approximate surface area is 49.4 Å². The van der Waals surface area contributed by atoms with Gasteiger partial charge in [-0.2, -0.15) is 0 Å². The van der Waals surface area contributed by atoms with E-state index >= 15 is 0 Å². The Morgan fingerprint density at radius 3 is 1.17 bits per heavy atom. The third-order valence-corrected chi connectivity index (χ3v) is 0. The number of hydrogen-bond acceptors (Lipinski definition) is 4. The molecule has 0 atom stereocenters. The summed E-state index contributed by atoms with van der Waals surface area (Å²) in [5, 5.41) is 0. The first-order valence-electron chi connectivity index (χ1n) is 0.730. The zero-order valence-corrected chi connectivity index (χ0v) is 5.80. The second-order valence-electron chi connectivity index (χ2n) is 0.447. The summed E-state index contributed by atoms with van der Waals surface area (Å²) in [5.74, 6) is 0. The molecular formula is AsO4V. The molecule has 0 rings (SSSR count). The molecule has 34 valence electrons. The maximum atomic E-state index is 8.61. The molecule has 0 bridgehead atoms. The zero-order valence-electron chi connectivity index (χ0n) is 2.53. The number of rotatable bonds is 0. The average Bonchev–Trinajstić information content (AvgIpc) is 0.722. The van der Waals surface area contributed by atoms with Crippen LogP contribution in [0.3, 0.4) is 0 Å². The molecule has 0 spiro atoms. The summed E-state index contributed by atoms with van der Waals surface area (Å²) < 4.78 is 34.4. The fourth-order valence-electron chi connectivity index (χ4n) is 0. The molecule has 0 aromatic carbocycles. The van der Waals surface area contributed by atoms with Crippen LogP contribution < -0.4 is 12.3 Å². The molecule has 0 aromatic heterocycles. The molecule has 0 unspecified atom stereocenters. The third-order valence-electron chi connectivity index (χ3n) is 0. The first-order chi connectivity index (χ1) is 2.00. The van der Waals surface area contributed by atoms with Crippen LogP contribution in [0.4, 0.5) is 0 Å². The van der Waals surface area contributed by atoms with Crippen LogP contribution in [0.1, 0.15) is 0 Å². The van der Waals surface area contributed by atoms with Crippen LogP contribution in [-0.2, 0) is 22.3 Å². The van der Waals surface area contributed by atoms with E-state index in [1.165, 1.54) is 0 Å². The van der Waals surface area contributed by atoms with Gasteiger partial charge >= 0.3 is 49.1 Å². The molecule has 0 fully saturated rings. The SMILES string of the molecule is O=[As]([O-])([O-])[O-].[V+3]. The van der Waals surface area contributed by atoms with Gasteiger partial charge in [-0.1, -0.05) is 0 Å². The Hall–Kier alpha value is 0.823. The van der Waals surface area contributed by atoms with Gasteiger partial charge in [0.15, 0.2) is 0 Å². The van der Waals surface area contributed by atoms with Crippen molar-refractivity contribution in [3.8, 4) is 0 Å². The molecule has 6 heteroatoms. The molecule has 0 saturated heterocycles. The summed E-state index contributed by atoms with van der Waals surface area (Å²) in [6.45, 7) is 0. The fraction of sp³-hybridized carbons (Fsp3) is 0. The van der Waals surface area contributed by atoms with Gasteiger partial charge in [0, 0.05) is 0 Å². The van der Waals surface area contributed by atoms with Crippen molar-refractivity contribution in [3.05, 3.63) is 0 Å². The molecular weight excluding hydrogens is 190 g/mol. The Kier molecular flexibility index (Phi) is 4.82. The monoisotopic (exact) mass is 190 g/mol. The summed E-state index contributed by atoms with van der Waals surface area (Å²) in [4.78, 5) is 0. The van der Waals surface area contributed by atoms with Gasteiger partial charge in [0.25, 0.3) is 0 Å². The van der Waals surface area contributed by atoms with Crippen LogP contribution >= 0.6 is 0 Å². The van der Waals surface area contributed by atoms with E-state index in [1.54, 1.807) is 0 Å². The van der Waals surface area contributed by atoms with E-state index in [4.69, 9.17) is 16.0 Å². The van der Waals surface area contributed by atoms with Gasteiger partial charge in [0.2, 0.25) is 0 Å². The Morgan fingerprint density at radius 1 is 1.17 bits per heavy atom. The second-order valence-corrected chi connectivity index (χ2v) is 2.32. The van der Waals surface area contributed by atoms with Crippen molar-refractivity contribution in [1.82, 2.24) is 0 Å². The van der Waals surface area contributed by atoms with Crippen LogP contribution in [0.2, 0.25) is 0 Å². The quantitative estimate of drug-likeness (QED) is 0.363. The first kappa shape index (κ1) is 9.95. The van der Waals surface area contributed by atoms with E-state index in [-0.39, 0.29) is 18.6 Å². The van der Waals surface area contributed by atoms with Crippen molar-refractivity contribution in [2.45, 2.75) is 0 Å². The summed E-state index contributed by atoms with van der Waals surface area (Å²) in [7, 11) is 0. The van der Waals surface area contributed by atoms with Gasteiger partial charge in [-0.3, -0.25) is 0 Å². The molecule has 4 nitrogen and oxygen atoms in total. The predicted molar refractivity (Wildman–Crippen MR) is 6.44 cm³/mol. The maximum Gasteiger partial charge on any atom is 3.00 e. The number of hydrogen-bond donors (Lipinski definition) is 0. The molecule has 0 aliphatic carbocycles. The van der Waals surface area contributed by atoms with Crippen molar-refractivity contribution in [2.75, 3.05) is 0 Å². The molecule has 0 saturated carbocycles. The van der Waals surface area contributed by atoms with E-state index in [2.05, 4.69) is 0 Å². The molecule has 0 radical (unpaired) electrons. The first-order valence-corrected chi connectivity index (χ1v) is 3.79. The Morgan fingerprint density at radius 2 is 1.17 bits per heavy atom. The maximum absolute atomic E-state index is 8.61. The van der Waals surface area contributed by atoms with Gasteiger partial charge in [-0.05, 0) is 0 Å². The topological polar surface area (TPSA) is 86.2 Å². The normalized spacial score (nSPS) is 9.83. The third kappa shape index (κ3) is 104. The van der Waals surface area contributed by atoms with Gasteiger partial charge in [-0.25, -0.2) is 0 Å². The predicted octanol–water partition coefficient (Wildman–Crippen LogP) is -4.07. The summed E-state index contributed by atoms with van der Waals surface area (Å²) in [5.41, 5.74) is 0. The summed E-state index contributed by atoms with van der Waals surface area (Å²) in [6, 6.07) is 0. The second kappa shape index (κ2) is 2.91. The van der Waals surface area contributed by atoms with Crippen LogP contribution in [0.25, 0.3) is 0 Å². The largest absolute Gasteiger partial charge is 3.00 e. The van der Waals surface area contributed by atoms with Gasteiger partial charge in [0.05, 0.1) is 0 Å². The standard InChI is InChI=1S/AsH3O4.V/c2-1(3,4)5;/h(H3,2,3,4,5);/q;+3/p-3. The molecule has 0 aliphatic rings. The van der Waals surface area contributed by atoms with Crippen molar-refractivity contribution in [3.63, 3.8) is 0 Å². The van der Waals surface area contributed by atoms with Crippen molar-refractivity contribution < 1.29 is 34.6 Å². The average molecular weight is 190 g/mol. The van der Waals surface area contributed by atoms with Crippen LogP contribution in [-0.4, -0.2) is 14.5 Å². The minimum Gasteiger partial charge on any atom is 3.00 e. The zero-order chi connectivity index (χ0) is 4.50. The molecule has 0 amide bonds. The van der Waals surface area contributed by atoms with Gasteiger partial charge in [0.1, 0.15) is 0 Å². The van der Waals surface area contributed by atoms with Crippen molar-refractivity contribution >= 4 is 14.5 Å². The van der Waals surface area contributed by atoms with Gasteiger partial charge < -0.3 is 0 Å². The molecule has 0 aliphatic heterocycles. The van der Waals surface area contributed by atoms with Crippen LogP contribution in [0, 0.1) is 0 Å².